The zero-order chi connectivity index (χ0) is 22.7. The first-order chi connectivity index (χ1) is 13.8. The van der Waals surface area contributed by atoms with E-state index in [1.165, 1.54) is 49.5 Å². The van der Waals surface area contributed by atoms with Crippen LogP contribution in [-0.4, -0.2) is 53.5 Å². The standard InChI is InChI=1S/C21H27ClFN3O3S/c1-21(2,14-25(3)4)13-24-20(27)18-12-17(10-11-19(18)22)30(28,29)26(5)16-8-6-15(23)7-9-16/h6-12H,13-14H2,1-5H3,(H,24,27). The first-order valence-corrected chi connectivity index (χ1v) is 11.1. The van der Waals surface area contributed by atoms with Crippen molar-refractivity contribution < 1.29 is 17.6 Å². The number of benzene rings is 2. The number of carbonyl (C=O) groups excluding carboxylic acids is 1. The van der Waals surface area contributed by atoms with E-state index in [1.54, 1.807) is 0 Å². The summed E-state index contributed by atoms with van der Waals surface area (Å²) >= 11 is 6.17. The quantitative estimate of drug-likeness (QED) is 0.660. The van der Waals surface area contributed by atoms with E-state index in [9.17, 15) is 17.6 Å². The summed E-state index contributed by atoms with van der Waals surface area (Å²) in [5.41, 5.74) is 0.187. The molecule has 2 rings (SSSR count). The van der Waals surface area contributed by atoms with Crippen LogP contribution in [0.1, 0.15) is 24.2 Å². The van der Waals surface area contributed by atoms with Gasteiger partial charge in [-0.2, -0.15) is 0 Å². The maximum Gasteiger partial charge on any atom is 0.264 e. The number of amides is 1. The summed E-state index contributed by atoms with van der Waals surface area (Å²) in [5.74, 6) is -0.916. The van der Waals surface area contributed by atoms with Crippen LogP contribution in [-0.2, 0) is 10.0 Å². The zero-order valence-corrected chi connectivity index (χ0v) is 19.3. The van der Waals surface area contributed by atoms with Gasteiger partial charge in [0.1, 0.15) is 5.82 Å². The van der Waals surface area contributed by atoms with E-state index in [2.05, 4.69) is 5.32 Å². The Labute approximate surface area is 182 Å². The van der Waals surface area contributed by atoms with E-state index in [0.29, 0.717) is 12.2 Å². The number of carbonyl (C=O) groups is 1. The Morgan fingerprint density at radius 3 is 2.27 bits per heavy atom. The first-order valence-electron chi connectivity index (χ1n) is 9.30. The van der Waals surface area contributed by atoms with E-state index in [0.717, 1.165) is 10.8 Å². The maximum atomic E-state index is 13.2. The van der Waals surface area contributed by atoms with Gasteiger partial charge in [0.05, 0.1) is 21.2 Å². The Balaban J connectivity index is 2.27. The Kier molecular flexibility index (Phi) is 7.49. The lowest BCUT2D eigenvalue weighted by atomic mass is 9.93. The molecule has 0 saturated heterocycles. The predicted octanol–water partition coefficient (Wildman–Crippen LogP) is 3.62. The molecule has 0 heterocycles. The van der Waals surface area contributed by atoms with Gasteiger partial charge in [-0.3, -0.25) is 9.10 Å². The number of sulfonamides is 1. The Hall–Kier alpha value is -2.16. The number of hydrogen-bond acceptors (Lipinski definition) is 4. The fraction of sp³-hybridized carbons (Fsp3) is 0.381. The van der Waals surface area contributed by atoms with Crippen LogP contribution < -0.4 is 9.62 Å². The van der Waals surface area contributed by atoms with Crippen molar-refractivity contribution in [2.75, 3.05) is 38.5 Å². The molecule has 1 amide bonds. The van der Waals surface area contributed by atoms with E-state index in [4.69, 9.17) is 11.6 Å². The second-order valence-electron chi connectivity index (χ2n) is 8.18. The van der Waals surface area contributed by atoms with Crippen molar-refractivity contribution in [3.8, 4) is 0 Å². The zero-order valence-electron chi connectivity index (χ0n) is 17.7. The highest BCUT2D eigenvalue weighted by atomic mass is 35.5. The number of anilines is 1. The van der Waals surface area contributed by atoms with Crippen LogP contribution in [0.15, 0.2) is 47.4 Å². The van der Waals surface area contributed by atoms with Crippen LogP contribution >= 0.6 is 11.6 Å². The third kappa shape index (κ3) is 5.93. The van der Waals surface area contributed by atoms with Gasteiger partial charge in [-0.1, -0.05) is 25.4 Å². The van der Waals surface area contributed by atoms with Crippen molar-refractivity contribution >= 4 is 33.2 Å². The predicted molar refractivity (Wildman–Crippen MR) is 118 cm³/mol. The molecule has 0 aromatic heterocycles. The lowest BCUT2D eigenvalue weighted by molar-refractivity contribution is 0.0929. The molecule has 6 nitrogen and oxygen atoms in total. The topological polar surface area (TPSA) is 69.7 Å². The number of nitrogens with zero attached hydrogens (tertiary/aromatic N) is 2. The molecular formula is C21H27ClFN3O3S. The highest BCUT2D eigenvalue weighted by Crippen LogP contribution is 2.26. The van der Waals surface area contributed by atoms with Crippen LogP contribution in [0, 0.1) is 11.2 Å². The molecule has 0 aliphatic rings. The van der Waals surface area contributed by atoms with E-state index in [1.807, 2.05) is 32.8 Å². The summed E-state index contributed by atoms with van der Waals surface area (Å²) in [6, 6.07) is 9.06. The van der Waals surface area contributed by atoms with Crippen molar-refractivity contribution in [1.82, 2.24) is 10.2 Å². The van der Waals surface area contributed by atoms with Crippen LogP contribution in [0.2, 0.25) is 5.02 Å². The van der Waals surface area contributed by atoms with Gasteiger partial charge in [0.25, 0.3) is 15.9 Å². The molecule has 2 aromatic rings. The van der Waals surface area contributed by atoms with Crippen molar-refractivity contribution in [2.45, 2.75) is 18.7 Å². The lowest BCUT2D eigenvalue weighted by Gasteiger charge is -2.28. The maximum absolute atomic E-state index is 13.2. The Morgan fingerprint density at radius 2 is 1.70 bits per heavy atom. The molecular weight excluding hydrogens is 429 g/mol. The fourth-order valence-electron chi connectivity index (χ4n) is 3.11. The fourth-order valence-corrected chi connectivity index (χ4v) is 4.54. The summed E-state index contributed by atoms with van der Waals surface area (Å²) in [6.45, 7) is 5.20. The van der Waals surface area contributed by atoms with Gasteiger partial charge in [-0.25, -0.2) is 12.8 Å². The second-order valence-corrected chi connectivity index (χ2v) is 10.6. The Morgan fingerprint density at radius 1 is 1.10 bits per heavy atom. The van der Waals surface area contributed by atoms with Crippen molar-refractivity contribution in [2.24, 2.45) is 5.41 Å². The van der Waals surface area contributed by atoms with Crippen molar-refractivity contribution in [3.05, 3.63) is 58.9 Å². The van der Waals surface area contributed by atoms with Crippen LogP contribution in [0.4, 0.5) is 10.1 Å². The largest absolute Gasteiger partial charge is 0.351 e. The first kappa shape index (κ1) is 24.1. The molecule has 1 N–H and O–H groups in total. The van der Waals surface area contributed by atoms with E-state index >= 15 is 0 Å². The normalized spacial score (nSPS) is 12.1. The average Bonchev–Trinajstić information content (AvgIpc) is 2.65. The second kappa shape index (κ2) is 9.32. The highest BCUT2D eigenvalue weighted by Gasteiger charge is 2.25. The molecule has 0 radical (unpaired) electrons. The third-order valence-electron chi connectivity index (χ3n) is 4.50. The van der Waals surface area contributed by atoms with Crippen LogP contribution in [0.25, 0.3) is 0 Å². The average molecular weight is 456 g/mol. The van der Waals surface area contributed by atoms with Crippen molar-refractivity contribution in [3.63, 3.8) is 0 Å². The minimum Gasteiger partial charge on any atom is -0.351 e. The molecule has 0 spiro atoms. The molecule has 0 unspecified atom stereocenters. The molecule has 9 heteroatoms. The molecule has 30 heavy (non-hydrogen) atoms. The van der Waals surface area contributed by atoms with Gasteiger partial charge in [-0.15, -0.1) is 0 Å². The monoisotopic (exact) mass is 455 g/mol. The molecule has 2 aromatic carbocycles. The molecule has 0 aliphatic carbocycles. The molecule has 0 aliphatic heterocycles. The van der Waals surface area contributed by atoms with Crippen LogP contribution in [0.3, 0.4) is 0 Å². The Bertz CT molecular complexity index is 1010. The number of halogens is 2. The van der Waals surface area contributed by atoms with Gasteiger partial charge in [0, 0.05) is 20.1 Å². The van der Waals surface area contributed by atoms with Gasteiger partial charge in [0.2, 0.25) is 0 Å². The summed E-state index contributed by atoms with van der Waals surface area (Å²) in [7, 11) is 1.29. The molecule has 0 bridgehead atoms. The molecule has 164 valence electrons. The smallest absolute Gasteiger partial charge is 0.264 e. The van der Waals surface area contributed by atoms with E-state index in [-0.39, 0.29) is 20.9 Å². The van der Waals surface area contributed by atoms with Gasteiger partial charge in [0.15, 0.2) is 0 Å². The van der Waals surface area contributed by atoms with E-state index < -0.39 is 21.7 Å². The SMILES string of the molecule is CN(C)CC(C)(C)CNC(=O)c1cc(S(=O)(=O)N(C)c2ccc(F)cc2)ccc1Cl. The minimum absolute atomic E-state index is 0.0749. The number of rotatable bonds is 8. The van der Waals surface area contributed by atoms with Crippen molar-refractivity contribution in [1.29, 1.82) is 0 Å². The molecule has 0 saturated carbocycles. The summed E-state index contributed by atoms with van der Waals surface area (Å²) in [6.07, 6.45) is 0. The lowest BCUT2D eigenvalue weighted by Crippen LogP contribution is -2.40. The highest BCUT2D eigenvalue weighted by molar-refractivity contribution is 7.92. The summed E-state index contributed by atoms with van der Waals surface area (Å²) < 4.78 is 40.2. The van der Waals surface area contributed by atoms with Gasteiger partial charge >= 0.3 is 0 Å². The van der Waals surface area contributed by atoms with Crippen LogP contribution in [0.5, 0.6) is 0 Å². The third-order valence-corrected chi connectivity index (χ3v) is 6.61. The summed E-state index contributed by atoms with van der Waals surface area (Å²) in [4.78, 5) is 14.6. The summed E-state index contributed by atoms with van der Waals surface area (Å²) in [5, 5.41) is 2.99. The molecule has 0 atom stereocenters. The van der Waals surface area contributed by atoms with Gasteiger partial charge in [-0.05, 0) is 62.0 Å². The molecule has 0 fully saturated rings. The minimum atomic E-state index is -3.97. The number of hydrogen-bond donors (Lipinski definition) is 1. The number of nitrogens with one attached hydrogen (secondary N) is 1. The van der Waals surface area contributed by atoms with Gasteiger partial charge < -0.3 is 10.2 Å².